The summed E-state index contributed by atoms with van der Waals surface area (Å²) >= 11 is 0. The van der Waals surface area contributed by atoms with E-state index in [1.807, 2.05) is 0 Å². The zero-order valence-electron chi connectivity index (χ0n) is 13.6. The van der Waals surface area contributed by atoms with Crippen LogP contribution in [-0.2, 0) is 14.3 Å². The van der Waals surface area contributed by atoms with Gasteiger partial charge in [-0.1, -0.05) is 46.5 Å². The van der Waals surface area contributed by atoms with Gasteiger partial charge in [0.25, 0.3) is 0 Å². The molecule has 0 aromatic carbocycles. The molecule has 4 heteroatoms. The third-order valence-electron chi connectivity index (χ3n) is 3.30. The molecule has 0 aromatic heterocycles. The van der Waals surface area contributed by atoms with E-state index in [1.165, 1.54) is 12.8 Å². The Hall–Kier alpha value is -0.610. The molecule has 1 N–H and O–H groups in total. The Bertz CT molecular complexity index is 222. The smallest absolute Gasteiger partial charge is 0.220 e. The third-order valence-corrected chi connectivity index (χ3v) is 3.30. The lowest BCUT2D eigenvalue weighted by Gasteiger charge is -2.10. The fourth-order valence-electron chi connectivity index (χ4n) is 1.69. The molecule has 0 rings (SSSR count). The summed E-state index contributed by atoms with van der Waals surface area (Å²) in [5, 5.41) is 2.87. The largest absolute Gasteiger partial charge is 0.379 e. The molecular formula is C16H33NO3. The molecule has 1 atom stereocenters. The predicted octanol–water partition coefficient (Wildman–Crippen LogP) is 3.15. The summed E-state index contributed by atoms with van der Waals surface area (Å²) in [5.41, 5.74) is 0. The lowest BCUT2D eigenvalue weighted by Crippen LogP contribution is -2.27. The van der Waals surface area contributed by atoms with Crippen LogP contribution >= 0.6 is 0 Å². The summed E-state index contributed by atoms with van der Waals surface area (Å²) in [7, 11) is 0. The highest BCUT2D eigenvalue weighted by molar-refractivity contribution is 5.75. The molecule has 0 fully saturated rings. The normalized spacial score (nSPS) is 12.3. The van der Waals surface area contributed by atoms with Crippen molar-refractivity contribution in [3.8, 4) is 0 Å². The van der Waals surface area contributed by atoms with Gasteiger partial charge in [0.05, 0.1) is 19.8 Å². The van der Waals surface area contributed by atoms with Gasteiger partial charge in [-0.05, 0) is 12.3 Å². The van der Waals surface area contributed by atoms with Crippen LogP contribution in [0.1, 0.15) is 59.3 Å². The molecule has 0 heterocycles. The first-order chi connectivity index (χ1) is 9.70. The Morgan fingerprint density at radius 2 is 1.80 bits per heavy atom. The van der Waals surface area contributed by atoms with Crippen LogP contribution in [0.25, 0.3) is 0 Å². The van der Waals surface area contributed by atoms with Crippen LogP contribution in [0.15, 0.2) is 0 Å². The van der Waals surface area contributed by atoms with Crippen LogP contribution in [0.2, 0.25) is 0 Å². The number of nitrogens with one attached hydrogen (secondary N) is 1. The summed E-state index contributed by atoms with van der Waals surface area (Å²) in [6.45, 7) is 9.70. The van der Waals surface area contributed by atoms with E-state index < -0.39 is 0 Å². The first-order valence-electron chi connectivity index (χ1n) is 8.12. The summed E-state index contributed by atoms with van der Waals surface area (Å²) < 4.78 is 10.9. The Kier molecular flexibility index (Phi) is 14.3. The molecule has 0 radical (unpaired) electrons. The molecule has 0 saturated carbocycles. The number of unbranched alkanes of at least 4 members (excludes halogenated alkanes) is 3. The van der Waals surface area contributed by atoms with Crippen molar-refractivity contribution in [2.45, 2.75) is 59.3 Å². The van der Waals surface area contributed by atoms with Gasteiger partial charge in [-0.3, -0.25) is 4.79 Å². The van der Waals surface area contributed by atoms with E-state index in [9.17, 15) is 4.79 Å². The Morgan fingerprint density at radius 1 is 1.05 bits per heavy atom. The number of hydrogen-bond acceptors (Lipinski definition) is 3. The maximum Gasteiger partial charge on any atom is 0.220 e. The zero-order chi connectivity index (χ0) is 15.1. The van der Waals surface area contributed by atoms with Gasteiger partial charge in [-0.15, -0.1) is 0 Å². The van der Waals surface area contributed by atoms with E-state index in [2.05, 4.69) is 26.1 Å². The summed E-state index contributed by atoms with van der Waals surface area (Å²) in [6.07, 6.45) is 6.34. The fourth-order valence-corrected chi connectivity index (χ4v) is 1.69. The second-order valence-electron chi connectivity index (χ2n) is 5.36. The van der Waals surface area contributed by atoms with Gasteiger partial charge >= 0.3 is 0 Å². The molecular weight excluding hydrogens is 254 g/mol. The standard InChI is InChI=1S/C16H33NO3/c1-4-6-7-8-9-16(18)17-10-11-19-12-13-20-14-15(3)5-2/h15H,4-14H2,1-3H3,(H,17,18). The number of hydrogen-bond donors (Lipinski definition) is 1. The monoisotopic (exact) mass is 287 g/mol. The molecule has 20 heavy (non-hydrogen) atoms. The van der Waals surface area contributed by atoms with Gasteiger partial charge in [0.1, 0.15) is 0 Å². The Balaban J connectivity index is 3.17. The van der Waals surface area contributed by atoms with Crippen molar-refractivity contribution in [3.63, 3.8) is 0 Å². The molecule has 0 saturated heterocycles. The summed E-state index contributed by atoms with van der Waals surface area (Å²) in [6, 6.07) is 0. The molecule has 1 unspecified atom stereocenters. The van der Waals surface area contributed by atoms with Crippen LogP contribution in [0, 0.1) is 5.92 Å². The van der Waals surface area contributed by atoms with Crippen molar-refractivity contribution >= 4 is 5.91 Å². The molecule has 0 bridgehead atoms. The minimum absolute atomic E-state index is 0.137. The van der Waals surface area contributed by atoms with Crippen molar-refractivity contribution in [1.82, 2.24) is 5.32 Å². The summed E-state index contributed by atoms with van der Waals surface area (Å²) in [5.74, 6) is 0.750. The van der Waals surface area contributed by atoms with Crippen molar-refractivity contribution in [3.05, 3.63) is 0 Å². The number of carbonyl (C=O) groups is 1. The van der Waals surface area contributed by atoms with Gasteiger partial charge in [-0.25, -0.2) is 0 Å². The van der Waals surface area contributed by atoms with E-state index in [0.29, 0.717) is 38.7 Å². The van der Waals surface area contributed by atoms with Gasteiger partial charge in [-0.2, -0.15) is 0 Å². The molecule has 1 amide bonds. The number of ether oxygens (including phenoxy) is 2. The Morgan fingerprint density at radius 3 is 2.50 bits per heavy atom. The van der Waals surface area contributed by atoms with Crippen molar-refractivity contribution in [2.24, 2.45) is 5.92 Å². The van der Waals surface area contributed by atoms with Crippen LogP contribution in [0.3, 0.4) is 0 Å². The SMILES string of the molecule is CCCCCCC(=O)NCCOCCOCC(C)CC. The molecule has 0 aliphatic rings. The van der Waals surface area contributed by atoms with Crippen molar-refractivity contribution in [2.75, 3.05) is 33.0 Å². The maximum absolute atomic E-state index is 11.5. The third kappa shape index (κ3) is 13.8. The van der Waals surface area contributed by atoms with Gasteiger partial charge < -0.3 is 14.8 Å². The minimum Gasteiger partial charge on any atom is -0.379 e. The van der Waals surface area contributed by atoms with Gasteiger partial charge in [0.15, 0.2) is 0 Å². The molecule has 4 nitrogen and oxygen atoms in total. The van der Waals surface area contributed by atoms with E-state index in [-0.39, 0.29) is 5.91 Å². The Labute approximate surface area is 124 Å². The highest BCUT2D eigenvalue weighted by atomic mass is 16.5. The molecule has 0 aromatic rings. The molecule has 0 spiro atoms. The lowest BCUT2D eigenvalue weighted by atomic mass is 10.1. The van der Waals surface area contributed by atoms with Crippen LogP contribution in [0.4, 0.5) is 0 Å². The first kappa shape index (κ1) is 19.4. The maximum atomic E-state index is 11.5. The molecule has 0 aliphatic carbocycles. The van der Waals surface area contributed by atoms with Crippen LogP contribution < -0.4 is 5.32 Å². The van der Waals surface area contributed by atoms with E-state index in [1.54, 1.807) is 0 Å². The van der Waals surface area contributed by atoms with E-state index in [0.717, 1.165) is 25.9 Å². The quantitative estimate of drug-likeness (QED) is 0.499. The number of amides is 1. The van der Waals surface area contributed by atoms with Crippen LogP contribution in [-0.4, -0.2) is 38.9 Å². The van der Waals surface area contributed by atoms with Gasteiger partial charge in [0.2, 0.25) is 5.91 Å². The summed E-state index contributed by atoms with van der Waals surface area (Å²) in [4.78, 5) is 11.5. The fraction of sp³-hybridized carbons (Fsp3) is 0.938. The molecule has 0 aliphatic heterocycles. The van der Waals surface area contributed by atoms with Crippen molar-refractivity contribution in [1.29, 1.82) is 0 Å². The number of rotatable bonds is 14. The second-order valence-corrected chi connectivity index (χ2v) is 5.36. The first-order valence-corrected chi connectivity index (χ1v) is 8.12. The minimum atomic E-state index is 0.137. The van der Waals surface area contributed by atoms with E-state index >= 15 is 0 Å². The van der Waals surface area contributed by atoms with Gasteiger partial charge in [0, 0.05) is 19.6 Å². The average molecular weight is 287 g/mol. The highest BCUT2D eigenvalue weighted by Crippen LogP contribution is 2.02. The molecule has 120 valence electrons. The lowest BCUT2D eigenvalue weighted by molar-refractivity contribution is -0.121. The van der Waals surface area contributed by atoms with Crippen LogP contribution in [0.5, 0.6) is 0 Å². The highest BCUT2D eigenvalue weighted by Gasteiger charge is 2.00. The predicted molar refractivity (Wildman–Crippen MR) is 82.9 cm³/mol. The van der Waals surface area contributed by atoms with E-state index in [4.69, 9.17) is 9.47 Å². The second kappa shape index (κ2) is 14.8. The van der Waals surface area contributed by atoms with Crippen molar-refractivity contribution < 1.29 is 14.3 Å². The average Bonchev–Trinajstić information content (AvgIpc) is 2.46. The number of carbonyl (C=O) groups excluding carboxylic acids is 1. The topological polar surface area (TPSA) is 47.6 Å². The zero-order valence-corrected chi connectivity index (χ0v) is 13.6.